The van der Waals surface area contributed by atoms with Gasteiger partial charge in [-0.25, -0.2) is 9.97 Å². The first kappa shape index (κ1) is 21.0. The number of anilines is 2. The lowest BCUT2D eigenvalue weighted by molar-refractivity contribution is -0.136. The molecule has 0 saturated carbocycles. The van der Waals surface area contributed by atoms with Gasteiger partial charge < -0.3 is 10.2 Å². The van der Waals surface area contributed by atoms with E-state index >= 15 is 0 Å². The Labute approximate surface area is 183 Å². The average Bonchev–Trinajstić information content (AvgIpc) is 3.31. The van der Waals surface area contributed by atoms with Gasteiger partial charge in [-0.1, -0.05) is 32.0 Å². The highest BCUT2D eigenvalue weighted by Crippen LogP contribution is 2.34. The maximum atomic E-state index is 13.2. The molecule has 6 nitrogen and oxygen atoms in total. The largest absolute Gasteiger partial charge is 0.340 e. The second kappa shape index (κ2) is 9.69. The zero-order valence-corrected chi connectivity index (χ0v) is 18.2. The van der Waals surface area contributed by atoms with Gasteiger partial charge in [0.2, 0.25) is 5.91 Å². The Morgan fingerprint density at radius 1 is 1.13 bits per heavy atom. The summed E-state index contributed by atoms with van der Waals surface area (Å²) in [6.07, 6.45) is 7.12. The number of nitrogens with zero attached hydrogens (tertiary/aromatic N) is 4. The standard InChI is InChI=1S/C25H29N5O/c1-3-18(4-2)25(31)30-15-9-13-22(30)24-28-21(19-10-8-14-26-17-19)16-23(29-24)27-20-11-6-5-7-12-20/h5-8,10-12,14,16-18,22H,3-4,9,13,15H2,1-2H3,(H,27,28,29). The minimum absolute atomic E-state index is 0.0593. The predicted octanol–water partition coefficient (Wildman–Crippen LogP) is 5.38. The molecule has 3 heterocycles. The number of carbonyl (C=O) groups excluding carboxylic acids is 1. The quantitative estimate of drug-likeness (QED) is 0.561. The number of pyridine rings is 1. The highest BCUT2D eigenvalue weighted by atomic mass is 16.2. The summed E-state index contributed by atoms with van der Waals surface area (Å²) in [5.41, 5.74) is 2.69. The topological polar surface area (TPSA) is 71.0 Å². The number of hydrogen-bond acceptors (Lipinski definition) is 5. The van der Waals surface area contributed by atoms with E-state index in [-0.39, 0.29) is 17.9 Å². The van der Waals surface area contributed by atoms with Crippen molar-refractivity contribution in [2.45, 2.75) is 45.6 Å². The summed E-state index contributed by atoms with van der Waals surface area (Å²) in [7, 11) is 0. The molecule has 1 atom stereocenters. The second-order valence-electron chi connectivity index (χ2n) is 7.93. The molecule has 4 rings (SSSR count). The molecule has 31 heavy (non-hydrogen) atoms. The van der Waals surface area contributed by atoms with Crippen molar-refractivity contribution < 1.29 is 4.79 Å². The van der Waals surface area contributed by atoms with Crippen LogP contribution in [0.3, 0.4) is 0 Å². The van der Waals surface area contributed by atoms with Crippen LogP contribution >= 0.6 is 0 Å². The summed E-state index contributed by atoms with van der Waals surface area (Å²) in [5.74, 6) is 1.69. The van der Waals surface area contributed by atoms with Gasteiger partial charge in [0.1, 0.15) is 5.82 Å². The minimum Gasteiger partial charge on any atom is -0.340 e. The van der Waals surface area contributed by atoms with Crippen molar-refractivity contribution in [3.63, 3.8) is 0 Å². The van der Waals surface area contributed by atoms with E-state index in [9.17, 15) is 4.79 Å². The first-order valence-electron chi connectivity index (χ1n) is 11.1. The summed E-state index contributed by atoms with van der Waals surface area (Å²) in [6.45, 7) is 4.93. The highest BCUT2D eigenvalue weighted by molar-refractivity contribution is 5.79. The molecular weight excluding hydrogens is 386 g/mol. The van der Waals surface area contributed by atoms with Crippen LogP contribution in [0.5, 0.6) is 0 Å². The summed E-state index contributed by atoms with van der Waals surface area (Å²) in [4.78, 5) is 29.1. The van der Waals surface area contributed by atoms with Gasteiger partial charge in [-0.2, -0.15) is 0 Å². The predicted molar refractivity (Wildman–Crippen MR) is 123 cm³/mol. The smallest absolute Gasteiger partial charge is 0.226 e. The van der Waals surface area contributed by atoms with Crippen LogP contribution in [0.2, 0.25) is 0 Å². The maximum Gasteiger partial charge on any atom is 0.226 e. The van der Waals surface area contributed by atoms with E-state index < -0.39 is 0 Å². The van der Waals surface area contributed by atoms with Crippen LogP contribution in [0.4, 0.5) is 11.5 Å². The second-order valence-corrected chi connectivity index (χ2v) is 7.93. The molecule has 0 bridgehead atoms. The summed E-state index contributed by atoms with van der Waals surface area (Å²) >= 11 is 0. The Morgan fingerprint density at radius 3 is 2.65 bits per heavy atom. The maximum absolute atomic E-state index is 13.2. The molecule has 6 heteroatoms. The number of aromatic nitrogens is 3. The van der Waals surface area contributed by atoms with Crippen LogP contribution in [0.25, 0.3) is 11.3 Å². The van der Waals surface area contributed by atoms with Gasteiger partial charge in [0, 0.05) is 42.2 Å². The fourth-order valence-corrected chi connectivity index (χ4v) is 4.18. The normalized spacial score (nSPS) is 16.0. The minimum atomic E-state index is -0.0963. The lowest BCUT2D eigenvalue weighted by Crippen LogP contribution is -2.36. The molecule has 1 aromatic carbocycles. The first-order chi connectivity index (χ1) is 15.2. The molecule has 1 aliphatic rings. The SMILES string of the molecule is CCC(CC)C(=O)N1CCCC1c1nc(Nc2ccccc2)cc(-c2cccnc2)n1. The monoisotopic (exact) mass is 415 g/mol. The van der Waals surface area contributed by atoms with Crippen LogP contribution in [0.15, 0.2) is 60.9 Å². The molecule has 1 amide bonds. The number of rotatable bonds is 7. The van der Waals surface area contributed by atoms with E-state index in [1.165, 1.54) is 0 Å². The Hall–Kier alpha value is -3.28. The zero-order valence-electron chi connectivity index (χ0n) is 18.2. The third-order valence-corrected chi connectivity index (χ3v) is 5.92. The molecule has 160 valence electrons. The number of hydrogen-bond donors (Lipinski definition) is 1. The lowest BCUT2D eigenvalue weighted by Gasteiger charge is -2.27. The fourth-order valence-electron chi connectivity index (χ4n) is 4.18. The molecular formula is C25H29N5O. The third kappa shape index (κ3) is 4.74. The number of likely N-dealkylation sites (tertiary alicyclic amines) is 1. The van der Waals surface area contributed by atoms with Crippen molar-refractivity contribution in [1.82, 2.24) is 19.9 Å². The van der Waals surface area contributed by atoms with Gasteiger partial charge in [0.15, 0.2) is 5.82 Å². The first-order valence-corrected chi connectivity index (χ1v) is 11.1. The van der Waals surface area contributed by atoms with E-state index in [4.69, 9.17) is 9.97 Å². The third-order valence-electron chi connectivity index (χ3n) is 5.92. The molecule has 1 N–H and O–H groups in total. The summed E-state index contributed by atoms with van der Waals surface area (Å²) < 4.78 is 0. The lowest BCUT2D eigenvalue weighted by atomic mass is 10.0. The molecule has 0 radical (unpaired) electrons. The van der Waals surface area contributed by atoms with E-state index in [1.807, 2.05) is 53.4 Å². The molecule has 1 saturated heterocycles. The van der Waals surface area contributed by atoms with Crippen molar-refractivity contribution in [3.05, 3.63) is 66.7 Å². The number of nitrogens with one attached hydrogen (secondary N) is 1. The van der Waals surface area contributed by atoms with Gasteiger partial charge in [-0.15, -0.1) is 0 Å². The van der Waals surface area contributed by atoms with E-state index in [0.29, 0.717) is 5.82 Å². The van der Waals surface area contributed by atoms with Crippen molar-refractivity contribution in [2.24, 2.45) is 5.92 Å². The van der Waals surface area contributed by atoms with Crippen LogP contribution in [-0.4, -0.2) is 32.3 Å². The average molecular weight is 416 g/mol. The van der Waals surface area contributed by atoms with E-state index in [0.717, 1.165) is 55.0 Å². The molecule has 1 fully saturated rings. The van der Waals surface area contributed by atoms with Gasteiger partial charge in [-0.05, 0) is 49.9 Å². The van der Waals surface area contributed by atoms with Crippen LogP contribution in [-0.2, 0) is 4.79 Å². The number of benzene rings is 1. The number of para-hydroxylation sites is 1. The van der Waals surface area contributed by atoms with Gasteiger partial charge in [-0.3, -0.25) is 9.78 Å². The van der Waals surface area contributed by atoms with Crippen molar-refractivity contribution in [3.8, 4) is 11.3 Å². The molecule has 1 unspecified atom stereocenters. The van der Waals surface area contributed by atoms with Crippen LogP contribution in [0, 0.1) is 5.92 Å². The van der Waals surface area contributed by atoms with Crippen molar-refractivity contribution >= 4 is 17.4 Å². The Bertz CT molecular complexity index is 1000. The Morgan fingerprint density at radius 2 is 1.94 bits per heavy atom. The summed E-state index contributed by atoms with van der Waals surface area (Å²) in [6, 6.07) is 15.7. The van der Waals surface area contributed by atoms with Crippen molar-refractivity contribution in [2.75, 3.05) is 11.9 Å². The van der Waals surface area contributed by atoms with Gasteiger partial charge >= 0.3 is 0 Å². The molecule has 3 aromatic rings. The molecule has 2 aromatic heterocycles. The zero-order chi connectivity index (χ0) is 21.6. The Balaban J connectivity index is 1.72. The van der Waals surface area contributed by atoms with Crippen LogP contribution in [0.1, 0.15) is 51.4 Å². The Kier molecular flexibility index (Phi) is 6.55. The van der Waals surface area contributed by atoms with E-state index in [2.05, 4.69) is 24.1 Å². The van der Waals surface area contributed by atoms with Gasteiger partial charge in [0.25, 0.3) is 0 Å². The van der Waals surface area contributed by atoms with Crippen molar-refractivity contribution in [1.29, 1.82) is 0 Å². The fraction of sp³-hybridized carbons (Fsp3) is 0.360. The molecule has 0 aliphatic carbocycles. The number of amides is 1. The molecule has 1 aliphatic heterocycles. The van der Waals surface area contributed by atoms with Gasteiger partial charge in [0.05, 0.1) is 11.7 Å². The van der Waals surface area contributed by atoms with Crippen LogP contribution < -0.4 is 5.32 Å². The molecule has 0 spiro atoms. The highest BCUT2D eigenvalue weighted by Gasteiger charge is 2.34. The number of carbonyl (C=O) groups is 1. The summed E-state index contributed by atoms with van der Waals surface area (Å²) in [5, 5.41) is 3.39. The van der Waals surface area contributed by atoms with E-state index in [1.54, 1.807) is 12.4 Å².